The molecule has 15 heavy (non-hydrogen) atoms. The van der Waals surface area contributed by atoms with E-state index in [2.05, 4.69) is 15.4 Å². The van der Waals surface area contributed by atoms with Gasteiger partial charge in [0.1, 0.15) is 12.2 Å². The minimum atomic E-state index is -0.305. The van der Waals surface area contributed by atoms with Crippen molar-refractivity contribution in [3.63, 3.8) is 0 Å². The Hall–Kier alpha value is -0.940. The van der Waals surface area contributed by atoms with Gasteiger partial charge in [-0.1, -0.05) is 0 Å². The predicted octanol–water partition coefficient (Wildman–Crippen LogP) is -0.282. The second-order valence-electron chi connectivity index (χ2n) is 4.18. The molecule has 1 aliphatic rings. The zero-order valence-corrected chi connectivity index (χ0v) is 9.06. The predicted molar refractivity (Wildman–Crippen MR) is 56.3 cm³/mol. The molecule has 0 aromatic carbocycles. The van der Waals surface area contributed by atoms with Crippen LogP contribution in [-0.4, -0.2) is 39.1 Å². The number of aryl methyl sites for hydroxylation is 1. The molecule has 84 valence electrons. The van der Waals surface area contributed by atoms with E-state index >= 15 is 0 Å². The lowest BCUT2D eigenvalue weighted by Crippen LogP contribution is -2.38. The van der Waals surface area contributed by atoms with Crippen LogP contribution in [0.4, 0.5) is 0 Å². The van der Waals surface area contributed by atoms with Crippen LogP contribution in [0.25, 0.3) is 0 Å². The molecular formula is C10H18N4O. The molecule has 2 atom stereocenters. The molecule has 2 heterocycles. The Labute approximate surface area is 89.5 Å². The second kappa shape index (κ2) is 4.72. The molecule has 2 N–H and O–H groups in total. The van der Waals surface area contributed by atoms with Gasteiger partial charge in [0.05, 0.1) is 6.10 Å². The Morgan fingerprint density at radius 3 is 3.20 bits per heavy atom. The zero-order chi connectivity index (χ0) is 10.7. The number of hydrogen-bond donors (Lipinski definition) is 2. The van der Waals surface area contributed by atoms with Crippen molar-refractivity contribution in [1.29, 1.82) is 0 Å². The van der Waals surface area contributed by atoms with E-state index in [1.165, 1.54) is 6.33 Å². The highest BCUT2D eigenvalue weighted by Gasteiger charge is 2.22. The number of hydrogen-bond acceptors (Lipinski definition) is 4. The molecule has 0 bridgehead atoms. The molecule has 0 spiro atoms. The van der Waals surface area contributed by atoms with Crippen LogP contribution in [0.2, 0.25) is 0 Å². The molecule has 1 saturated heterocycles. The van der Waals surface area contributed by atoms with Gasteiger partial charge in [0.25, 0.3) is 0 Å². The van der Waals surface area contributed by atoms with Gasteiger partial charge in [0, 0.05) is 20.0 Å². The summed E-state index contributed by atoms with van der Waals surface area (Å²) >= 11 is 0. The van der Waals surface area contributed by atoms with Crippen LogP contribution in [0.15, 0.2) is 6.33 Å². The number of nitrogens with zero attached hydrogens (tertiary/aromatic N) is 3. The molecule has 2 unspecified atom stereocenters. The van der Waals surface area contributed by atoms with E-state index in [9.17, 15) is 5.11 Å². The Morgan fingerprint density at radius 2 is 2.60 bits per heavy atom. The van der Waals surface area contributed by atoms with Crippen molar-refractivity contribution >= 4 is 0 Å². The lowest BCUT2D eigenvalue weighted by molar-refractivity contribution is 0.0896. The maximum atomic E-state index is 10.0. The fraction of sp³-hybridized carbons (Fsp3) is 0.800. The molecule has 5 nitrogen and oxygen atoms in total. The minimum Gasteiger partial charge on any atom is -0.392 e. The van der Waals surface area contributed by atoms with Gasteiger partial charge in [-0.2, -0.15) is 5.10 Å². The van der Waals surface area contributed by atoms with Gasteiger partial charge in [0.2, 0.25) is 0 Å². The summed E-state index contributed by atoms with van der Waals surface area (Å²) in [6.07, 6.45) is 4.08. The monoisotopic (exact) mass is 210 g/mol. The van der Waals surface area contributed by atoms with Gasteiger partial charge in [0.15, 0.2) is 0 Å². The average molecular weight is 210 g/mol. The number of piperidine rings is 1. The van der Waals surface area contributed by atoms with Gasteiger partial charge in [-0.25, -0.2) is 4.98 Å². The van der Waals surface area contributed by atoms with Crippen molar-refractivity contribution in [3.05, 3.63) is 12.2 Å². The maximum absolute atomic E-state index is 10.0. The van der Waals surface area contributed by atoms with E-state index in [4.69, 9.17) is 0 Å². The number of aliphatic hydroxyl groups excluding tert-OH is 1. The minimum absolute atomic E-state index is 0.305. The third-order valence-electron chi connectivity index (χ3n) is 3.08. The normalized spacial score (nSPS) is 24.0. The largest absolute Gasteiger partial charge is 0.392 e. The lowest BCUT2D eigenvalue weighted by Gasteiger charge is -2.26. The van der Waals surface area contributed by atoms with E-state index in [0.717, 1.165) is 31.8 Å². The van der Waals surface area contributed by atoms with E-state index in [1.807, 2.05) is 7.05 Å². The van der Waals surface area contributed by atoms with Crippen LogP contribution in [0, 0.1) is 5.92 Å². The molecule has 1 aromatic rings. The first kappa shape index (κ1) is 10.6. The van der Waals surface area contributed by atoms with Crippen molar-refractivity contribution in [1.82, 2.24) is 20.1 Å². The SMILES string of the molecule is Cn1ncnc1CC(O)C1CCCNC1. The van der Waals surface area contributed by atoms with Gasteiger partial charge >= 0.3 is 0 Å². The molecule has 0 radical (unpaired) electrons. The Morgan fingerprint density at radius 1 is 1.73 bits per heavy atom. The summed E-state index contributed by atoms with van der Waals surface area (Å²) in [5.41, 5.74) is 0. The molecule has 1 aromatic heterocycles. The van der Waals surface area contributed by atoms with Crippen LogP contribution in [0.1, 0.15) is 18.7 Å². The van der Waals surface area contributed by atoms with Gasteiger partial charge in [-0.15, -0.1) is 0 Å². The highest BCUT2D eigenvalue weighted by Crippen LogP contribution is 2.16. The lowest BCUT2D eigenvalue weighted by atomic mass is 9.92. The van der Waals surface area contributed by atoms with Crippen molar-refractivity contribution in [2.75, 3.05) is 13.1 Å². The molecule has 0 aliphatic carbocycles. The number of nitrogens with one attached hydrogen (secondary N) is 1. The smallest absolute Gasteiger partial charge is 0.138 e. The first-order chi connectivity index (χ1) is 7.27. The fourth-order valence-corrected chi connectivity index (χ4v) is 2.07. The molecule has 1 aliphatic heterocycles. The Kier molecular flexibility index (Phi) is 3.33. The number of rotatable bonds is 3. The fourth-order valence-electron chi connectivity index (χ4n) is 2.07. The zero-order valence-electron chi connectivity index (χ0n) is 9.06. The summed E-state index contributed by atoms with van der Waals surface area (Å²) in [6.45, 7) is 1.99. The highest BCUT2D eigenvalue weighted by molar-refractivity contribution is 4.89. The van der Waals surface area contributed by atoms with E-state index in [-0.39, 0.29) is 6.10 Å². The third kappa shape index (κ3) is 2.54. The van der Waals surface area contributed by atoms with Crippen LogP contribution < -0.4 is 5.32 Å². The third-order valence-corrected chi connectivity index (χ3v) is 3.08. The summed E-state index contributed by atoms with van der Waals surface area (Å²) in [5.74, 6) is 1.21. The summed E-state index contributed by atoms with van der Waals surface area (Å²) in [5, 5.41) is 17.3. The van der Waals surface area contributed by atoms with Crippen molar-refractivity contribution in [2.45, 2.75) is 25.4 Å². The topological polar surface area (TPSA) is 63.0 Å². The Bertz CT molecular complexity index is 306. The molecular weight excluding hydrogens is 192 g/mol. The molecule has 0 saturated carbocycles. The summed E-state index contributed by atoms with van der Waals surface area (Å²) < 4.78 is 1.72. The quantitative estimate of drug-likeness (QED) is 0.720. The van der Waals surface area contributed by atoms with Crippen molar-refractivity contribution in [2.24, 2.45) is 13.0 Å². The van der Waals surface area contributed by atoms with Crippen LogP contribution in [-0.2, 0) is 13.5 Å². The summed E-state index contributed by atoms with van der Waals surface area (Å²) in [6, 6.07) is 0. The van der Waals surface area contributed by atoms with Crippen molar-refractivity contribution in [3.8, 4) is 0 Å². The molecule has 1 fully saturated rings. The first-order valence-electron chi connectivity index (χ1n) is 5.49. The average Bonchev–Trinajstić information content (AvgIpc) is 2.66. The Balaban J connectivity index is 1.91. The van der Waals surface area contributed by atoms with Gasteiger partial charge < -0.3 is 10.4 Å². The van der Waals surface area contributed by atoms with E-state index < -0.39 is 0 Å². The summed E-state index contributed by atoms with van der Waals surface area (Å²) in [7, 11) is 1.86. The first-order valence-corrected chi connectivity index (χ1v) is 5.49. The van der Waals surface area contributed by atoms with Crippen LogP contribution in [0.3, 0.4) is 0 Å². The molecule has 0 amide bonds. The number of aromatic nitrogens is 3. The van der Waals surface area contributed by atoms with Crippen LogP contribution >= 0.6 is 0 Å². The van der Waals surface area contributed by atoms with E-state index in [1.54, 1.807) is 4.68 Å². The van der Waals surface area contributed by atoms with Crippen LogP contribution in [0.5, 0.6) is 0 Å². The maximum Gasteiger partial charge on any atom is 0.138 e. The number of aliphatic hydroxyl groups is 1. The van der Waals surface area contributed by atoms with Gasteiger partial charge in [-0.05, 0) is 25.3 Å². The second-order valence-corrected chi connectivity index (χ2v) is 4.18. The summed E-state index contributed by atoms with van der Waals surface area (Å²) in [4.78, 5) is 4.12. The standard InChI is InChI=1S/C10H18N4O/c1-14-10(12-7-13-14)5-9(15)8-3-2-4-11-6-8/h7-9,11,15H,2-6H2,1H3. The molecule has 5 heteroatoms. The van der Waals surface area contributed by atoms with Crippen molar-refractivity contribution < 1.29 is 5.11 Å². The van der Waals surface area contributed by atoms with E-state index in [0.29, 0.717) is 12.3 Å². The highest BCUT2D eigenvalue weighted by atomic mass is 16.3. The van der Waals surface area contributed by atoms with Gasteiger partial charge in [-0.3, -0.25) is 4.68 Å². The molecule has 2 rings (SSSR count).